The highest BCUT2D eigenvalue weighted by atomic mass is 79.9. The molecule has 0 saturated heterocycles. The maximum Gasteiger partial charge on any atom is 0.360 e. The van der Waals surface area contributed by atoms with Gasteiger partial charge in [0.2, 0.25) is 0 Å². The molecule has 0 radical (unpaired) electrons. The van der Waals surface area contributed by atoms with E-state index in [1.807, 2.05) is 6.92 Å². The summed E-state index contributed by atoms with van der Waals surface area (Å²) in [4.78, 5) is 11.3. The summed E-state index contributed by atoms with van der Waals surface area (Å²) in [5.41, 5.74) is 0.337. The minimum Gasteiger partial charge on any atom is -0.461 e. The van der Waals surface area contributed by atoms with Gasteiger partial charge in [-0.15, -0.1) is 0 Å². The number of nitrogens with zero attached hydrogens (tertiary/aromatic N) is 2. The van der Waals surface area contributed by atoms with Crippen LogP contribution in [-0.2, 0) is 11.3 Å². The summed E-state index contributed by atoms with van der Waals surface area (Å²) >= 11 is 3.24. The third-order valence-corrected chi connectivity index (χ3v) is 2.09. The molecule has 0 aliphatic heterocycles. The average Bonchev–Trinajstić information content (AvgIpc) is 2.47. The van der Waals surface area contributed by atoms with Crippen LogP contribution in [0.3, 0.4) is 0 Å². The summed E-state index contributed by atoms with van der Waals surface area (Å²) in [6.45, 7) is 4.82. The number of hydrogen-bond donors (Lipinski definition) is 0. The van der Waals surface area contributed by atoms with Crippen molar-refractivity contribution in [3.8, 4) is 0 Å². The van der Waals surface area contributed by atoms with E-state index in [4.69, 9.17) is 4.74 Å². The van der Waals surface area contributed by atoms with Crippen LogP contribution < -0.4 is 0 Å². The van der Waals surface area contributed by atoms with Crippen LogP contribution in [0.2, 0.25) is 0 Å². The molecule has 4 nitrogen and oxygen atoms in total. The number of esters is 1. The van der Waals surface area contributed by atoms with Gasteiger partial charge in [0.05, 0.1) is 11.1 Å². The Kier molecular flexibility index (Phi) is 3.48. The largest absolute Gasteiger partial charge is 0.461 e. The van der Waals surface area contributed by atoms with Gasteiger partial charge in [0.1, 0.15) is 0 Å². The standard InChI is InChI=1S/C8H11BrN2O2/c1-3-11-5-6(9)7(10-11)8(12)13-4-2/h5H,3-4H2,1-2H3. The first-order valence-electron chi connectivity index (χ1n) is 4.09. The monoisotopic (exact) mass is 246 g/mol. The molecule has 0 atom stereocenters. The third kappa shape index (κ3) is 2.30. The lowest BCUT2D eigenvalue weighted by Crippen LogP contribution is -2.07. The molecular weight excluding hydrogens is 236 g/mol. The van der Waals surface area contributed by atoms with E-state index < -0.39 is 0 Å². The zero-order chi connectivity index (χ0) is 9.84. The fraction of sp³-hybridized carbons (Fsp3) is 0.500. The Balaban J connectivity index is 2.87. The Morgan fingerprint density at radius 1 is 1.69 bits per heavy atom. The van der Waals surface area contributed by atoms with E-state index >= 15 is 0 Å². The lowest BCUT2D eigenvalue weighted by molar-refractivity contribution is 0.0517. The maximum absolute atomic E-state index is 11.3. The van der Waals surface area contributed by atoms with Crippen molar-refractivity contribution in [2.24, 2.45) is 0 Å². The fourth-order valence-electron chi connectivity index (χ4n) is 0.897. The number of hydrogen-bond acceptors (Lipinski definition) is 3. The summed E-state index contributed by atoms with van der Waals surface area (Å²) in [5, 5.41) is 4.04. The van der Waals surface area contributed by atoms with E-state index in [-0.39, 0.29) is 5.97 Å². The predicted molar refractivity (Wildman–Crippen MR) is 51.6 cm³/mol. The highest BCUT2D eigenvalue weighted by Gasteiger charge is 2.15. The number of aromatic nitrogens is 2. The van der Waals surface area contributed by atoms with Crippen LogP contribution in [0.4, 0.5) is 0 Å². The molecule has 1 aromatic heterocycles. The first-order chi connectivity index (χ1) is 6.19. The molecule has 0 N–H and O–H groups in total. The number of rotatable bonds is 3. The third-order valence-electron chi connectivity index (χ3n) is 1.51. The Morgan fingerprint density at radius 2 is 2.38 bits per heavy atom. The van der Waals surface area contributed by atoms with Crippen LogP contribution in [0, 0.1) is 0 Å². The molecule has 1 heterocycles. The van der Waals surface area contributed by atoms with Crippen LogP contribution >= 0.6 is 15.9 Å². The molecule has 1 aromatic rings. The van der Waals surface area contributed by atoms with Gasteiger partial charge >= 0.3 is 5.97 Å². The van der Waals surface area contributed by atoms with Gasteiger partial charge in [-0.2, -0.15) is 5.10 Å². The second-order valence-electron chi connectivity index (χ2n) is 2.40. The van der Waals surface area contributed by atoms with Crippen molar-refractivity contribution in [2.75, 3.05) is 6.61 Å². The SMILES string of the molecule is CCOC(=O)c1nn(CC)cc1Br. The number of carbonyl (C=O) groups is 1. The number of carbonyl (C=O) groups excluding carboxylic acids is 1. The second kappa shape index (κ2) is 4.41. The lowest BCUT2D eigenvalue weighted by Gasteiger charge is -1.97. The Morgan fingerprint density at radius 3 is 2.85 bits per heavy atom. The first-order valence-corrected chi connectivity index (χ1v) is 4.88. The normalized spacial score (nSPS) is 10.1. The van der Waals surface area contributed by atoms with Crippen molar-refractivity contribution < 1.29 is 9.53 Å². The van der Waals surface area contributed by atoms with Crippen molar-refractivity contribution in [1.29, 1.82) is 0 Å². The molecule has 0 spiro atoms. The van der Waals surface area contributed by atoms with Gasteiger partial charge < -0.3 is 4.74 Å². The summed E-state index contributed by atoms with van der Waals surface area (Å²) in [5.74, 6) is -0.387. The Labute approximate surface area is 85.0 Å². The van der Waals surface area contributed by atoms with Gasteiger partial charge in [-0.25, -0.2) is 4.79 Å². The minimum atomic E-state index is -0.387. The van der Waals surface area contributed by atoms with Crippen molar-refractivity contribution in [2.45, 2.75) is 20.4 Å². The highest BCUT2D eigenvalue weighted by Crippen LogP contribution is 2.15. The molecule has 0 bridgehead atoms. The Hall–Kier alpha value is -0.840. The molecule has 0 amide bonds. The van der Waals surface area contributed by atoms with Crippen molar-refractivity contribution in [3.05, 3.63) is 16.4 Å². The lowest BCUT2D eigenvalue weighted by atomic mass is 10.4. The zero-order valence-electron chi connectivity index (χ0n) is 7.58. The summed E-state index contributed by atoms with van der Waals surface area (Å²) in [6.07, 6.45) is 1.76. The van der Waals surface area contributed by atoms with E-state index in [2.05, 4.69) is 21.0 Å². The molecule has 0 aliphatic carbocycles. The molecule has 13 heavy (non-hydrogen) atoms. The number of ether oxygens (including phenoxy) is 1. The van der Waals surface area contributed by atoms with Gasteiger partial charge in [-0.05, 0) is 29.8 Å². The van der Waals surface area contributed by atoms with Gasteiger partial charge in [0.15, 0.2) is 5.69 Å². The summed E-state index contributed by atoms with van der Waals surface area (Å²) < 4.78 is 7.17. The molecular formula is C8H11BrN2O2. The smallest absolute Gasteiger partial charge is 0.360 e. The van der Waals surface area contributed by atoms with Gasteiger partial charge in [-0.3, -0.25) is 4.68 Å². The molecule has 72 valence electrons. The van der Waals surface area contributed by atoms with E-state index in [9.17, 15) is 4.79 Å². The van der Waals surface area contributed by atoms with Crippen molar-refractivity contribution in [3.63, 3.8) is 0 Å². The quantitative estimate of drug-likeness (QED) is 0.765. The molecule has 0 unspecified atom stereocenters. The molecule has 5 heteroatoms. The summed E-state index contributed by atoms with van der Waals surface area (Å²) in [6, 6.07) is 0. The first kappa shape index (κ1) is 10.2. The van der Waals surface area contributed by atoms with E-state index in [1.54, 1.807) is 17.8 Å². The minimum absolute atomic E-state index is 0.337. The van der Waals surface area contributed by atoms with Crippen LogP contribution in [0.5, 0.6) is 0 Å². The molecule has 0 saturated carbocycles. The predicted octanol–water partition coefficient (Wildman–Crippen LogP) is 1.84. The molecule has 0 aromatic carbocycles. The zero-order valence-corrected chi connectivity index (χ0v) is 9.17. The van der Waals surface area contributed by atoms with Crippen molar-refractivity contribution in [1.82, 2.24) is 9.78 Å². The topological polar surface area (TPSA) is 44.1 Å². The van der Waals surface area contributed by atoms with Gasteiger partial charge in [0, 0.05) is 12.7 Å². The number of aryl methyl sites for hydroxylation is 1. The van der Waals surface area contributed by atoms with Crippen molar-refractivity contribution >= 4 is 21.9 Å². The van der Waals surface area contributed by atoms with E-state index in [1.165, 1.54) is 0 Å². The Bertz CT molecular complexity index is 309. The van der Waals surface area contributed by atoms with Crippen LogP contribution in [0.1, 0.15) is 24.3 Å². The van der Waals surface area contributed by atoms with Gasteiger partial charge in [-0.1, -0.05) is 0 Å². The number of halogens is 1. The van der Waals surface area contributed by atoms with E-state index in [0.717, 1.165) is 6.54 Å². The molecule has 0 fully saturated rings. The fourth-order valence-corrected chi connectivity index (χ4v) is 1.37. The highest BCUT2D eigenvalue weighted by molar-refractivity contribution is 9.10. The molecule has 1 rings (SSSR count). The maximum atomic E-state index is 11.3. The summed E-state index contributed by atoms with van der Waals surface area (Å²) in [7, 11) is 0. The van der Waals surface area contributed by atoms with Crippen LogP contribution in [0.25, 0.3) is 0 Å². The van der Waals surface area contributed by atoms with Crippen LogP contribution in [0.15, 0.2) is 10.7 Å². The van der Waals surface area contributed by atoms with Gasteiger partial charge in [0.25, 0.3) is 0 Å². The molecule has 0 aliphatic rings. The van der Waals surface area contributed by atoms with Crippen LogP contribution in [-0.4, -0.2) is 22.4 Å². The van der Waals surface area contributed by atoms with E-state index in [0.29, 0.717) is 16.8 Å². The average molecular weight is 247 g/mol. The second-order valence-corrected chi connectivity index (χ2v) is 3.26.